The van der Waals surface area contributed by atoms with E-state index in [-0.39, 0.29) is 11.7 Å². The minimum atomic E-state index is -0.280. The maximum atomic E-state index is 12.7. The van der Waals surface area contributed by atoms with E-state index in [2.05, 4.69) is 15.5 Å². The van der Waals surface area contributed by atoms with Gasteiger partial charge < -0.3 is 9.84 Å². The Balaban J connectivity index is 1.58. The second-order valence-corrected chi connectivity index (χ2v) is 6.52. The van der Waals surface area contributed by atoms with E-state index in [1.165, 1.54) is 19.4 Å². The monoisotopic (exact) mass is 361 g/mol. The van der Waals surface area contributed by atoms with Gasteiger partial charge in [-0.3, -0.25) is 9.78 Å². The standard InChI is InChI=1S/C21H19N3O3/c1-27-20-10-13(6-9-19(20)25)12-22-24-21(26)16-11-18(14-7-8-14)23-17-5-3-2-4-15(16)17/h2-6,9-12,14,25H,7-8H2,1H3,(H,24,26)/b22-12-. The van der Waals surface area contributed by atoms with Gasteiger partial charge >= 0.3 is 0 Å². The van der Waals surface area contributed by atoms with Crippen LogP contribution in [0.15, 0.2) is 53.6 Å². The lowest BCUT2D eigenvalue weighted by atomic mass is 10.1. The molecule has 6 heteroatoms. The second-order valence-electron chi connectivity index (χ2n) is 6.52. The number of phenols is 1. The summed E-state index contributed by atoms with van der Waals surface area (Å²) in [6.45, 7) is 0. The van der Waals surface area contributed by atoms with Crippen LogP contribution in [0.5, 0.6) is 11.5 Å². The van der Waals surface area contributed by atoms with Gasteiger partial charge in [0.25, 0.3) is 5.91 Å². The van der Waals surface area contributed by atoms with E-state index in [9.17, 15) is 9.90 Å². The average Bonchev–Trinajstić information content (AvgIpc) is 3.53. The van der Waals surface area contributed by atoms with Crippen molar-refractivity contribution in [3.8, 4) is 11.5 Å². The number of hydrogen-bond acceptors (Lipinski definition) is 5. The van der Waals surface area contributed by atoms with Crippen molar-refractivity contribution in [3.05, 3.63) is 65.4 Å². The molecular weight excluding hydrogens is 342 g/mol. The predicted molar refractivity (Wildman–Crippen MR) is 103 cm³/mol. The zero-order valence-corrected chi connectivity index (χ0v) is 14.8. The Kier molecular flexibility index (Phi) is 4.46. The fraction of sp³-hybridized carbons (Fsp3) is 0.190. The number of nitrogens with zero attached hydrogens (tertiary/aromatic N) is 2. The fourth-order valence-electron chi connectivity index (χ4n) is 2.97. The van der Waals surface area contributed by atoms with E-state index < -0.39 is 0 Å². The fourth-order valence-corrected chi connectivity index (χ4v) is 2.97. The van der Waals surface area contributed by atoms with Gasteiger partial charge in [0, 0.05) is 17.0 Å². The van der Waals surface area contributed by atoms with Gasteiger partial charge in [0.15, 0.2) is 11.5 Å². The zero-order valence-electron chi connectivity index (χ0n) is 14.8. The van der Waals surface area contributed by atoms with Crippen LogP contribution in [0.1, 0.15) is 40.4 Å². The molecule has 1 fully saturated rings. The molecule has 0 spiro atoms. The van der Waals surface area contributed by atoms with Crippen LogP contribution in [0.2, 0.25) is 0 Å². The smallest absolute Gasteiger partial charge is 0.272 e. The van der Waals surface area contributed by atoms with Gasteiger partial charge in [0.2, 0.25) is 0 Å². The molecule has 1 aliphatic carbocycles. The number of phenolic OH excluding ortho intramolecular Hbond substituents is 1. The van der Waals surface area contributed by atoms with E-state index in [1.807, 2.05) is 30.3 Å². The second kappa shape index (κ2) is 7.07. The van der Waals surface area contributed by atoms with E-state index in [0.29, 0.717) is 22.8 Å². The summed E-state index contributed by atoms with van der Waals surface area (Å²) in [5.74, 6) is 0.570. The number of pyridine rings is 1. The molecule has 1 heterocycles. The Labute approximate surface area is 156 Å². The first-order valence-electron chi connectivity index (χ1n) is 8.76. The Morgan fingerprint density at radius 3 is 2.85 bits per heavy atom. The zero-order chi connectivity index (χ0) is 18.8. The summed E-state index contributed by atoms with van der Waals surface area (Å²) in [5, 5.41) is 14.5. The number of amides is 1. The summed E-state index contributed by atoms with van der Waals surface area (Å²) >= 11 is 0. The van der Waals surface area contributed by atoms with Crippen molar-refractivity contribution in [1.29, 1.82) is 0 Å². The van der Waals surface area contributed by atoms with Crippen molar-refractivity contribution < 1.29 is 14.6 Å². The molecule has 136 valence electrons. The third kappa shape index (κ3) is 3.60. The third-order valence-corrected chi connectivity index (χ3v) is 4.56. The molecule has 4 rings (SSSR count). The highest BCUT2D eigenvalue weighted by Crippen LogP contribution is 2.40. The number of nitrogens with one attached hydrogen (secondary N) is 1. The summed E-state index contributed by atoms with van der Waals surface area (Å²) in [6.07, 6.45) is 3.74. The first kappa shape index (κ1) is 17.0. The number of aromatic nitrogens is 1. The van der Waals surface area contributed by atoms with Gasteiger partial charge in [-0.05, 0) is 48.7 Å². The van der Waals surface area contributed by atoms with Crippen molar-refractivity contribution in [2.45, 2.75) is 18.8 Å². The minimum absolute atomic E-state index is 0.0505. The maximum absolute atomic E-state index is 12.7. The molecule has 0 atom stereocenters. The summed E-state index contributed by atoms with van der Waals surface area (Å²) in [4.78, 5) is 17.4. The molecule has 0 saturated heterocycles. The van der Waals surface area contributed by atoms with Crippen LogP contribution in [0.3, 0.4) is 0 Å². The molecule has 6 nitrogen and oxygen atoms in total. The molecule has 1 amide bonds. The highest BCUT2D eigenvalue weighted by molar-refractivity contribution is 6.06. The van der Waals surface area contributed by atoms with Crippen molar-refractivity contribution in [2.24, 2.45) is 5.10 Å². The minimum Gasteiger partial charge on any atom is -0.504 e. The Morgan fingerprint density at radius 1 is 1.26 bits per heavy atom. The number of ether oxygens (including phenoxy) is 1. The molecule has 0 radical (unpaired) electrons. The number of hydrogen-bond donors (Lipinski definition) is 2. The molecule has 27 heavy (non-hydrogen) atoms. The first-order chi connectivity index (χ1) is 13.2. The molecule has 1 saturated carbocycles. The molecular formula is C21H19N3O3. The van der Waals surface area contributed by atoms with Crippen molar-refractivity contribution >= 4 is 23.0 Å². The summed E-state index contributed by atoms with van der Waals surface area (Å²) < 4.78 is 5.07. The van der Waals surface area contributed by atoms with Gasteiger partial charge in [-0.2, -0.15) is 5.10 Å². The van der Waals surface area contributed by atoms with E-state index >= 15 is 0 Å². The molecule has 2 N–H and O–H groups in total. The number of aromatic hydroxyl groups is 1. The number of fused-ring (bicyclic) bond motifs is 1. The molecule has 1 aromatic heterocycles. The number of para-hydroxylation sites is 1. The number of benzene rings is 2. The summed E-state index contributed by atoms with van der Waals surface area (Å²) in [5.41, 5.74) is 5.63. The average molecular weight is 361 g/mol. The number of carbonyl (C=O) groups excluding carboxylic acids is 1. The molecule has 0 bridgehead atoms. The highest BCUT2D eigenvalue weighted by atomic mass is 16.5. The lowest BCUT2D eigenvalue weighted by Crippen LogP contribution is -2.18. The van der Waals surface area contributed by atoms with Crippen LogP contribution < -0.4 is 10.2 Å². The number of carbonyl (C=O) groups is 1. The largest absolute Gasteiger partial charge is 0.504 e. The predicted octanol–water partition coefficient (Wildman–Crippen LogP) is 3.59. The van der Waals surface area contributed by atoms with Gasteiger partial charge in [0.05, 0.1) is 24.4 Å². The normalized spacial score (nSPS) is 13.8. The highest BCUT2D eigenvalue weighted by Gasteiger charge is 2.26. The van der Waals surface area contributed by atoms with Crippen LogP contribution in [0.25, 0.3) is 10.9 Å². The van der Waals surface area contributed by atoms with E-state index in [1.54, 1.807) is 12.1 Å². The van der Waals surface area contributed by atoms with Crippen LogP contribution in [0.4, 0.5) is 0 Å². The van der Waals surface area contributed by atoms with Crippen LogP contribution >= 0.6 is 0 Å². The van der Waals surface area contributed by atoms with Gasteiger partial charge in [-0.25, -0.2) is 5.43 Å². The SMILES string of the molecule is COc1cc(/C=N\NC(=O)c2cc(C3CC3)nc3ccccc23)ccc1O. The van der Waals surface area contributed by atoms with Gasteiger partial charge in [0.1, 0.15) is 0 Å². The van der Waals surface area contributed by atoms with Crippen molar-refractivity contribution in [1.82, 2.24) is 10.4 Å². The molecule has 2 aromatic carbocycles. The third-order valence-electron chi connectivity index (χ3n) is 4.56. The topological polar surface area (TPSA) is 83.8 Å². The lowest BCUT2D eigenvalue weighted by molar-refractivity contribution is 0.0956. The quantitative estimate of drug-likeness (QED) is 0.537. The summed E-state index contributed by atoms with van der Waals surface area (Å²) in [7, 11) is 1.48. The molecule has 0 unspecified atom stereocenters. The van der Waals surface area contributed by atoms with E-state index in [0.717, 1.165) is 29.4 Å². The lowest BCUT2D eigenvalue weighted by Gasteiger charge is -2.08. The van der Waals surface area contributed by atoms with Crippen molar-refractivity contribution in [3.63, 3.8) is 0 Å². The van der Waals surface area contributed by atoms with Gasteiger partial charge in [-0.1, -0.05) is 18.2 Å². The molecule has 0 aliphatic heterocycles. The number of hydrazone groups is 1. The van der Waals surface area contributed by atoms with E-state index in [4.69, 9.17) is 4.74 Å². The van der Waals surface area contributed by atoms with Crippen LogP contribution in [-0.2, 0) is 0 Å². The maximum Gasteiger partial charge on any atom is 0.272 e. The first-order valence-corrected chi connectivity index (χ1v) is 8.76. The molecule has 3 aromatic rings. The number of rotatable bonds is 5. The summed E-state index contributed by atoms with van der Waals surface area (Å²) in [6, 6.07) is 14.3. The molecule has 1 aliphatic rings. The van der Waals surface area contributed by atoms with Crippen molar-refractivity contribution in [2.75, 3.05) is 7.11 Å². The van der Waals surface area contributed by atoms with Crippen LogP contribution in [0, 0.1) is 0 Å². The van der Waals surface area contributed by atoms with Gasteiger partial charge in [-0.15, -0.1) is 0 Å². The van der Waals surface area contributed by atoms with Crippen LogP contribution in [-0.4, -0.2) is 29.3 Å². The Morgan fingerprint density at radius 2 is 2.07 bits per heavy atom. The Hall–Kier alpha value is -3.41. The Bertz CT molecular complexity index is 1040. The number of methoxy groups -OCH3 is 1.